The van der Waals surface area contributed by atoms with E-state index in [9.17, 15) is 14.7 Å². The van der Waals surface area contributed by atoms with Crippen LogP contribution in [0.3, 0.4) is 0 Å². The predicted molar refractivity (Wildman–Crippen MR) is 78.5 cm³/mol. The summed E-state index contributed by atoms with van der Waals surface area (Å²) in [6.07, 6.45) is -0.740. The summed E-state index contributed by atoms with van der Waals surface area (Å²) in [4.78, 5) is 26.3. The molecule has 7 nitrogen and oxygen atoms in total. The van der Waals surface area contributed by atoms with Gasteiger partial charge in [0.2, 0.25) is 0 Å². The van der Waals surface area contributed by atoms with Crippen LogP contribution in [0.1, 0.15) is 6.42 Å². The summed E-state index contributed by atoms with van der Waals surface area (Å²) in [5, 5.41) is 21.3. The van der Waals surface area contributed by atoms with Gasteiger partial charge >= 0.3 is 12.0 Å². The van der Waals surface area contributed by atoms with Gasteiger partial charge in [-0.3, -0.25) is 0 Å². The van der Waals surface area contributed by atoms with E-state index in [0.29, 0.717) is 5.69 Å². The van der Waals surface area contributed by atoms with E-state index in [1.807, 2.05) is 31.1 Å². The number of carboxylic acids is 1. The first kappa shape index (κ1) is 15.1. The number of likely N-dealkylation sites (tertiary alicyclic amines) is 1. The fourth-order valence-electron chi connectivity index (χ4n) is 2.31. The van der Waals surface area contributed by atoms with Crippen molar-refractivity contribution in [2.24, 2.45) is 0 Å². The number of amides is 2. The summed E-state index contributed by atoms with van der Waals surface area (Å²) < 4.78 is 0. The SMILES string of the molecule is CN(C)c1ccc(NC(=O)N2C[C@H](O)C[C@@H]2C(=O)O)cc1. The standard InChI is InChI=1S/C14H19N3O4/c1-16(2)10-5-3-9(4-6-10)15-14(21)17-8-11(18)7-12(17)13(19)20/h3-6,11-12,18H,7-8H2,1-2H3,(H,15,21)(H,19,20)/t11-,12-/m1/s1. The maximum absolute atomic E-state index is 12.1. The number of nitrogens with zero attached hydrogens (tertiary/aromatic N) is 2. The summed E-state index contributed by atoms with van der Waals surface area (Å²) in [7, 11) is 3.83. The minimum absolute atomic E-state index is 0.0264. The molecule has 1 aromatic rings. The Labute approximate surface area is 122 Å². The Balaban J connectivity index is 2.05. The van der Waals surface area contributed by atoms with E-state index in [1.54, 1.807) is 12.1 Å². The van der Waals surface area contributed by atoms with Crippen LogP contribution >= 0.6 is 0 Å². The molecule has 0 saturated carbocycles. The summed E-state index contributed by atoms with van der Waals surface area (Å²) >= 11 is 0. The summed E-state index contributed by atoms with van der Waals surface area (Å²) in [5.41, 5.74) is 1.57. The molecule has 2 atom stereocenters. The second-order valence-corrected chi connectivity index (χ2v) is 5.27. The number of β-amino-alcohol motifs (C(OH)–C–C–N with tert-alkyl or cyclic N) is 1. The van der Waals surface area contributed by atoms with E-state index in [0.717, 1.165) is 10.6 Å². The Kier molecular flexibility index (Phi) is 4.32. The molecule has 1 saturated heterocycles. The lowest BCUT2D eigenvalue weighted by Gasteiger charge is -2.21. The van der Waals surface area contributed by atoms with Crippen molar-refractivity contribution in [2.45, 2.75) is 18.6 Å². The first-order chi connectivity index (χ1) is 9.88. The number of rotatable bonds is 3. The molecule has 7 heteroatoms. The number of hydrogen-bond donors (Lipinski definition) is 3. The van der Waals surface area contributed by atoms with E-state index >= 15 is 0 Å². The Morgan fingerprint density at radius 1 is 1.29 bits per heavy atom. The van der Waals surface area contributed by atoms with Crippen molar-refractivity contribution in [1.29, 1.82) is 0 Å². The van der Waals surface area contributed by atoms with Gasteiger partial charge in [-0.25, -0.2) is 9.59 Å². The molecule has 0 bridgehead atoms. The first-order valence-corrected chi connectivity index (χ1v) is 6.64. The Morgan fingerprint density at radius 2 is 1.90 bits per heavy atom. The van der Waals surface area contributed by atoms with Gasteiger partial charge in [0.05, 0.1) is 6.10 Å². The zero-order valence-electron chi connectivity index (χ0n) is 12.0. The van der Waals surface area contributed by atoms with Crippen LogP contribution in [0.2, 0.25) is 0 Å². The topological polar surface area (TPSA) is 93.1 Å². The smallest absolute Gasteiger partial charge is 0.326 e. The average Bonchev–Trinajstić information content (AvgIpc) is 2.82. The highest BCUT2D eigenvalue weighted by Crippen LogP contribution is 2.21. The third kappa shape index (κ3) is 3.43. The zero-order chi connectivity index (χ0) is 15.6. The Morgan fingerprint density at radius 3 is 2.43 bits per heavy atom. The van der Waals surface area contributed by atoms with Crippen molar-refractivity contribution in [3.05, 3.63) is 24.3 Å². The van der Waals surface area contributed by atoms with Gasteiger partial charge in [0.25, 0.3) is 0 Å². The van der Waals surface area contributed by atoms with Gasteiger partial charge in [0.1, 0.15) is 6.04 Å². The van der Waals surface area contributed by atoms with Crippen LogP contribution in [0.4, 0.5) is 16.2 Å². The van der Waals surface area contributed by atoms with Crippen molar-refractivity contribution in [1.82, 2.24) is 4.90 Å². The number of benzene rings is 1. The molecule has 1 aromatic carbocycles. The van der Waals surface area contributed by atoms with Crippen LogP contribution in [0.15, 0.2) is 24.3 Å². The molecule has 1 heterocycles. The largest absolute Gasteiger partial charge is 0.480 e. The lowest BCUT2D eigenvalue weighted by atomic mass is 10.2. The van der Waals surface area contributed by atoms with Crippen LogP contribution in [0.5, 0.6) is 0 Å². The van der Waals surface area contributed by atoms with E-state index in [-0.39, 0.29) is 13.0 Å². The van der Waals surface area contributed by atoms with E-state index in [2.05, 4.69) is 5.32 Å². The average molecular weight is 293 g/mol. The number of aliphatic hydroxyl groups excluding tert-OH is 1. The molecule has 114 valence electrons. The van der Waals surface area contributed by atoms with E-state index < -0.39 is 24.1 Å². The monoisotopic (exact) mass is 293 g/mol. The van der Waals surface area contributed by atoms with Crippen LogP contribution in [-0.2, 0) is 4.79 Å². The molecule has 0 unspecified atom stereocenters. The minimum atomic E-state index is -1.11. The highest BCUT2D eigenvalue weighted by Gasteiger charge is 2.38. The highest BCUT2D eigenvalue weighted by atomic mass is 16.4. The number of urea groups is 1. The first-order valence-electron chi connectivity index (χ1n) is 6.64. The van der Waals surface area contributed by atoms with Gasteiger partial charge in [-0.05, 0) is 24.3 Å². The number of carbonyl (C=O) groups excluding carboxylic acids is 1. The molecule has 21 heavy (non-hydrogen) atoms. The number of anilines is 2. The third-order valence-electron chi connectivity index (χ3n) is 3.46. The van der Waals surface area contributed by atoms with Gasteiger partial charge in [0, 0.05) is 38.4 Å². The lowest BCUT2D eigenvalue weighted by Crippen LogP contribution is -2.43. The van der Waals surface area contributed by atoms with Crippen molar-refractivity contribution in [2.75, 3.05) is 30.9 Å². The fourth-order valence-corrected chi connectivity index (χ4v) is 2.31. The molecule has 2 amide bonds. The van der Waals surface area contributed by atoms with Crippen LogP contribution < -0.4 is 10.2 Å². The number of aliphatic hydroxyl groups is 1. The molecule has 1 aliphatic heterocycles. The molecule has 0 aromatic heterocycles. The van der Waals surface area contributed by atoms with Crippen LogP contribution in [0, 0.1) is 0 Å². The molecule has 3 N–H and O–H groups in total. The van der Waals surface area contributed by atoms with Crippen molar-refractivity contribution in [3.63, 3.8) is 0 Å². The van der Waals surface area contributed by atoms with Gasteiger partial charge in [-0.1, -0.05) is 0 Å². The molecule has 1 aliphatic rings. The number of hydrogen-bond acceptors (Lipinski definition) is 4. The van der Waals surface area contributed by atoms with Gasteiger partial charge in [0.15, 0.2) is 0 Å². The second kappa shape index (κ2) is 6.01. The third-order valence-corrected chi connectivity index (χ3v) is 3.46. The summed E-state index contributed by atoms with van der Waals surface area (Å²) in [6, 6.07) is 5.69. The number of carboxylic acid groups (broad SMARTS) is 1. The predicted octanol–water partition coefficient (Wildman–Crippen LogP) is 0.804. The highest BCUT2D eigenvalue weighted by molar-refractivity contribution is 5.93. The van der Waals surface area contributed by atoms with Crippen LogP contribution in [0.25, 0.3) is 0 Å². The quantitative estimate of drug-likeness (QED) is 0.766. The number of carbonyl (C=O) groups is 2. The minimum Gasteiger partial charge on any atom is -0.480 e. The molecule has 1 fully saturated rings. The maximum Gasteiger partial charge on any atom is 0.326 e. The van der Waals surface area contributed by atoms with Crippen molar-refractivity contribution in [3.8, 4) is 0 Å². The molecule has 2 rings (SSSR count). The number of nitrogens with one attached hydrogen (secondary N) is 1. The van der Waals surface area contributed by atoms with Crippen LogP contribution in [-0.4, -0.2) is 59.9 Å². The van der Waals surface area contributed by atoms with E-state index in [4.69, 9.17) is 5.11 Å². The van der Waals surface area contributed by atoms with Gasteiger partial charge in [-0.2, -0.15) is 0 Å². The van der Waals surface area contributed by atoms with E-state index in [1.165, 1.54) is 0 Å². The molecular weight excluding hydrogens is 274 g/mol. The summed E-state index contributed by atoms with van der Waals surface area (Å²) in [6.45, 7) is 0.0264. The van der Waals surface area contributed by atoms with Gasteiger partial charge < -0.3 is 25.3 Å². The van der Waals surface area contributed by atoms with Crippen molar-refractivity contribution >= 4 is 23.4 Å². The molecule has 0 radical (unpaired) electrons. The summed E-state index contributed by atoms with van der Waals surface area (Å²) in [5.74, 6) is -1.11. The second-order valence-electron chi connectivity index (χ2n) is 5.27. The molecular formula is C14H19N3O4. The van der Waals surface area contributed by atoms with Gasteiger partial charge in [-0.15, -0.1) is 0 Å². The molecule has 0 spiro atoms. The maximum atomic E-state index is 12.1. The normalized spacial score (nSPS) is 21.2. The molecule has 0 aliphatic carbocycles. The Hall–Kier alpha value is -2.28. The lowest BCUT2D eigenvalue weighted by molar-refractivity contribution is -0.141. The Bertz CT molecular complexity index is 530. The fraction of sp³-hybridized carbons (Fsp3) is 0.429. The number of aliphatic carboxylic acids is 1. The zero-order valence-corrected chi connectivity index (χ0v) is 12.0. The van der Waals surface area contributed by atoms with Crippen molar-refractivity contribution < 1.29 is 19.8 Å².